The fourth-order valence-electron chi connectivity index (χ4n) is 1.03. The lowest BCUT2D eigenvalue weighted by Gasteiger charge is -2.01. The maximum absolute atomic E-state index is 12.3. The van der Waals surface area contributed by atoms with Gasteiger partial charge >= 0.3 is 0 Å². The Hall–Kier alpha value is -1.23. The van der Waals surface area contributed by atoms with Crippen LogP contribution in [0.15, 0.2) is 18.5 Å². The normalized spacial score (nSPS) is 11.4. The summed E-state index contributed by atoms with van der Waals surface area (Å²) in [6, 6.07) is 2.43. The Labute approximate surface area is 77.0 Å². The maximum atomic E-state index is 12.3. The number of rotatable bonds is 1. The molecule has 6 heteroatoms. The lowest BCUT2D eigenvalue weighted by molar-refractivity contribution is 0.151. The zero-order valence-corrected chi connectivity index (χ0v) is 7.04. The Balaban J connectivity index is 2.70. The van der Waals surface area contributed by atoms with E-state index in [1.54, 1.807) is 0 Å². The van der Waals surface area contributed by atoms with Crippen LogP contribution in [0.1, 0.15) is 12.0 Å². The minimum absolute atomic E-state index is 0.130. The smallest absolute Gasteiger partial charge is 0.215 e. The second-order valence-electron chi connectivity index (χ2n) is 2.44. The summed E-state index contributed by atoms with van der Waals surface area (Å²) in [7, 11) is 0. The molecule has 0 amide bonds. The fraction of sp³-hybridized carbons (Fsp3) is 0.143. The Bertz CT molecular complexity index is 440. The van der Waals surface area contributed by atoms with Crippen LogP contribution in [0.25, 0.3) is 5.65 Å². The first-order valence-electron chi connectivity index (χ1n) is 3.46. The van der Waals surface area contributed by atoms with Gasteiger partial charge in [-0.05, 0) is 12.1 Å². The quantitative estimate of drug-likeness (QED) is 0.666. The Kier molecular flexibility index (Phi) is 1.88. The first-order chi connectivity index (χ1) is 6.18. The molecule has 0 spiro atoms. The molecule has 68 valence electrons. The Morgan fingerprint density at radius 3 is 2.85 bits per heavy atom. The van der Waals surface area contributed by atoms with Crippen molar-refractivity contribution >= 4 is 17.2 Å². The highest BCUT2D eigenvalue weighted by Gasteiger charge is 2.11. The molecule has 0 aliphatic carbocycles. The van der Waals surface area contributed by atoms with Crippen molar-refractivity contribution in [3.63, 3.8) is 0 Å². The molecule has 0 saturated heterocycles. The van der Waals surface area contributed by atoms with Gasteiger partial charge in [-0.2, -0.15) is 5.10 Å². The summed E-state index contributed by atoms with van der Waals surface area (Å²) in [6.45, 7) is 0. The standard InChI is InChI=1S/C7H4ClF2N3/c8-5-1-4(7(9)10)2-6-11-3-12-13(5)6/h1-3,7H. The van der Waals surface area contributed by atoms with Crippen LogP contribution in [0, 0.1) is 0 Å². The van der Waals surface area contributed by atoms with Crippen LogP contribution in [-0.2, 0) is 0 Å². The largest absolute Gasteiger partial charge is 0.264 e. The van der Waals surface area contributed by atoms with Crippen LogP contribution in [-0.4, -0.2) is 14.6 Å². The van der Waals surface area contributed by atoms with E-state index in [4.69, 9.17) is 11.6 Å². The summed E-state index contributed by atoms with van der Waals surface area (Å²) >= 11 is 5.67. The van der Waals surface area contributed by atoms with Crippen molar-refractivity contribution in [3.05, 3.63) is 29.2 Å². The number of alkyl halides is 2. The first kappa shape index (κ1) is 8.37. The van der Waals surface area contributed by atoms with E-state index in [0.29, 0.717) is 5.65 Å². The van der Waals surface area contributed by atoms with Crippen molar-refractivity contribution in [2.24, 2.45) is 0 Å². The minimum Gasteiger partial charge on any atom is -0.215 e. The first-order valence-corrected chi connectivity index (χ1v) is 3.83. The van der Waals surface area contributed by atoms with Gasteiger partial charge in [0.25, 0.3) is 6.43 Å². The molecule has 0 aromatic carbocycles. The van der Waals surface area contributed by atoms with Crippen molar-refractivity contribution in [2.45, 2.75) is 6.43 Å². The average molecular weight is 204 g/mol. The summed E-state index contributed by atoms with van der Waals surface area (Å²) < 4.78 is 25.8. The van der Waals surface area contributed by atoms with Crippen LogP contribution in [0.3, 0.4) is 0 Å². The number of fused-ring (bicyclic) bond motifs is 1. The average Bonchev–Trinajstić information content (AvgIpc) is 2.51. The van der Waals surface area contributed by atoms with Gasteiger partial charge in [0.2, 0.25) is 0 Å². The van der Waals surface area contributed by atoms with Gasteiger partial charge in [-0.3, -0.25) is 0 Å². The molecule has 2 aromatic rings. The molecular weight excluding hydrogens is 200 g/mol. The summed E-state index contributed by atoms with van der Waals surface area (Å²) in [5.41, 5.74) is 0.174. The number of hydrogen-bond acceptors (Lipinski definition) is 2. The molecule has 0 saturated carbocycles. The van der Waals surface area contributed by atoms with Crippen LogP contribution in [0.5, 0.6) is 0 Å². The van der Waals surface area contributed by atoms with Crippen LogP contribution < -0.4 is 0 Å². The molecule has 13 heavy (non-hydrogen) atoms. The Morgan fingerprint density at radius 2 is 2.15 bits per heavy atom. The highest BCUT2D eigenvalue weighted by atomic mass is 35.5. The van der Waals surface area contributed by atoms with Crippen LogP contribution >= 0.6 is 11.6 Å². The molecule has 0 aliphatic heterocycles. The number of aromatic nitrogens is 3. The van der Waals surface area contributed by atoms with E-state index in [0.717, 1.165) is 0 Å². The highest BCUT2D eigenvalue weighted by molar-refractivity contribution is 6.29. The summed E-state index contributed by atoms with van der Waals surface area (Å²) in [4.78, 5) is 3.76. The van der Waals surface area contributed by atoms with Crippen molar-refractivity contribution in [3.8, 4) is 0 Å². The molecule has 0 atom stereocenters. The topological polar surface area (TPSA) is 30.2 Å². The van der Waals surface area contributed by atoms with Gasteiger partial charge in [0.05, 0.1) is 0 Å². The summed E-state index contributed by atoms with van der Waals surface area (Å²) in [5, 5.41) is 3.88. The van der Waals surface area contributed by atoms with Crippen molar-refractivity contribution in [2.75, 3.05) is 0 Å². The van der Waals surface area contributed by atoms with E-state index >= 15 is 0 Å². The number of pyridine rings is 1. The van der Waals surface area contributed by atoms with Gasteiger partial charge in [-0.1, -0.05) is 11.6 Å². The molecule has 2 rings (SSSR count). The van der Waals surface area contributed by atoms with E-state index in [9.17, 15) is 8.78 Å². The van der Waals surface area contributed by atoms with E-state index in [2.05, 4.69) is 10.1 Å². The molecule has 2 aromatic heterocycles. The molecule has 0 radical (unpaired) electrons. The lowest BCUT2D eigenvalue weighted by Crippen LogP contribution is -1.93. The van der Waals surface area contributed by atoms with Gasteiger partial charge in [0.15, 0.2) is 5.65 Å². The predicted molar refractivity (Wildman–Crippen MR) is 43.0 cm³/mol. The van der Waals surface area contributed by atoms with Gasteiger partial charge in [-0.25, -0.2) is 18.3 Å². The zero-order valence-electron chi connectivity index (χ0n) is 6.28. The fourth-order valence-corrected chi connectivity index (χ4v) is 1.29. The van der Waals surface area contributed by atoms with Crippen molar-refractivity contribution in [1.29, 1.82) is 0 Å². The molecule has 0 unspecified atom stereocenters. The van der Waals surface area contributed by atoms with E-state index in [1.165, 1.54) is 23.0 Å². The molecule has 0 bridgehead atoms. The van der Waals surface area contributed by atoms with Gasteiger partial charge in [0, 0.05) is 5.56 Å². The van der Waals surface area contributed by atoms with Gasteiger partial charge < -0.3 is 0 Å². The zero-order chi connectivity index (χ0) is 9.42. The predicted octanol–water partition coefficient (Wildman–Crippen LogP) is 2.32. The van der Waals surface area contributed by atoms with Gasteiger partial charge in [0.1, 0.15) is 11.5 Å². The highest BCUT2D eigenvalue weighted by Crippen LogP contribution is 2.23. The second-order valence-corrected chi connectivity index (χ2v) is 2.83. The molecule has 3 nitrogen and oxygen atoms in total. The van der Waals surface area contributed by atoms with Crippen LogP contribution in [0.4, 0.5) is 8.78 Å². The molecule has 2 heterocycles. The second kappa shape index (κ2) is 2.92. The van der Waals surface area contributed by atoms with Crippen molar-refractivity contribution in [1.82, 2.24) is 14.6 Å². The minimum atomic E-state index is -2.54. The van der Waals surface area contributed by atoms with E-state index in [1.807, 2.05) is 0 Å². The van der Waals surface area contributed by atoms with E-state index < -0.39 is 6.43 Å². The van der Waals surface area contributed by atoms with Crippen molar-refractivity contribution < 1.29 is 8.78 Å². The SMILES string of the molecule is FC(F)c1cc(Cl)n2ncnc2c1. The molecule has 0 N–H and O–H groups in total. The molecule has 0 fully saturated rings. The van der Waals surface area contributed by atoms with E-state index in [-0.39, 0.29) is 10.7 Å². The molecule has 0 aliphatic rings. The van der Waals surface area contributed by atoms with Gasteiger partial charge in [-0.15, -0.1) is 0 Å². The molecular formula is C7H4ClF2N3. The third-order valence-corrected chi connectivity index (χ3v) is 1.88. The summed E-state index contributed by atoms with van der Waals surface area (Å²) in [6.07, 6.45) is -1.28. The monoisotopic (exact) mass is 203 g/mol. The maximum Gasteiger partial charge on any atom is 0.264 e. The third-order valence-electron chi connectivity index (χ3n) is 1.61. The summed E-state index contributed by atoms with van der Waals surface area (Å²) in [5.74, 6) is 0. The number of nitrogens with zero attached hydrogens (tertiary/aromatic N) is 3. The third kappa shape index (κ3) is 1.35. The number of halogens is 3. The number of hydrogen-bond donors (Lipinski definition) is 0. The lowest BCUT2D eigenvalue weighted by atomic mass is 10.3. The van der Waals surface area contributed by atoms with Crippen LogP contribution in [0.2, 0.25) is 5.15 Å². The Morgan fingerprint density at radius 1 is 1.38 bits per heavy atom.